The number of primary amides is 1. The number of rotatable bonds is 7. The van der Waals surface area contributed by atoms with Crippen LogP contribution in [0.2, 0.25) is 0 Å². The summed E-state index contributed by atoms with van der Waals surface area (Å²) in [7, 11) is 0. The average molecular weight is 559 g/mol. The number of carbonyl (C=O) groups is 1. The van der Waals surface area contributed by atoms with Crippen LogP contribution in [0.3, 0.4) is 0 Å². The Kier molecular flexibility index (Phi) is 7.12. The van der Waals surface area contributed by atoms with Crippen molar-refractivity contribution in [3.8, 4) is 10.4 Å². The molecule has 3 N–H and O–H groups in total. The number of amides is 1. The van der Waals surface area contributed by atoms with Crippen LogP contribution in [0.1, 0.15) is 47.7 Å². The Morgan fingerprint density at radius 2 is 1.97 bits per heavy atom. The summed E-state index contributed by atoms with van der Waals surface area (Å²) in [6, 6.07) is 7.97. The van der Waals surface area contributed by atoms with Gasteiger partial charge in [0.1, 0.15) is 16.3 Å². The molecule has 1 amide bonds. The van der Waals surface area contributed by atoms with Gasteiger partial charge in [-0.05, 0) is 61.9 Å². The summed E-state index contributed by atoms with van der Waals surface area (Å²) in [5, 5.41) is 15.5. The molecule has 4 aromatic rings. The Morgan fingerprint density at radius 1 is 1.21 bits per heavy atom. The van der Waals surface area contributed by atoms with E-state index in [4.69, 9.17) is 10.3 Å². The Bertz CT molecular complexity index is 1470. The fraction of sp³-hybridized carbons (Fsp3) is 0.346. The second kappa shape index (κ2) is 10.4. The van der Waals surface area contributed by atoms with E-state index in [0.717, 1.165) is 28.3 Å². The number of aliphatic hydroxyl groups is 1. The summed E-state index contributed by atoms with van der Waals surface area (Å²) in [5.74, 6) is -0.350. The van der Waals surface area contributed by atoms with E-state index in [2.05, 4.69) is 20.1 Å². The van der Waals surface area contributed by atoms with Crippen LogP contribution in [0.25, 0.3) is 10.4 Å². The molecule has 5 rings (SSSR count). The molecular weight excluding hydrogens is 533 g/mol. The Balaban J connectivity index is 1.49. The first-order valence-corrected chi connectivity index (χ1v) is 13.0. The van der Waals surface area contributed by atoms with Gasteiger partial charge in [0.05, 0.1) is 17.6 Å². The molecule has 1 saturated carbocycles. The van der Waals surface area contributed by atoms with E-state index >= 15 is 0 Å². The maximum atomic E-state index is 13.4. The monoisotopic (exact) mass is 558 g/mol. The van der Waals surface area contributed by atoms with Crippen LogP contribution in [0, 0.1) is 12.8 Å². The lowest BCUT2D eigenvalue weighted by molar-refractivity contribution is -0.141. The third kappa shape index (κ3) is 5.78. The van der Waals surface area contributed by atoms with Crippen molar-refractivity contribution in [1.82, 2.24) is 20.1 Å². The molecule has 0 unspecified atom stereocenters. The topological polar surface area (TPSA) is 131 Å². The van der Waals surface area contributed by atoms with Crippen molar-refractivity contribution in [1.29, 1.82) is 0 Å². The maximum absolute atomic E-state index is 13.4. The first kappa shape index (κ1) is 26.8. The van der Waals surface area contributed by atoms with Gasteiger partial charge in [-0.2, -0.15) is 13.2 Å². The quantitative estimate of drug-likeness (QED) is 0.320. The molecule has 0 aliphatic heterocycles. The van der Waals surface area contributed by atoms with Crippen LogP contribution in [0.5, 0.6) is 0 Å². The van der Waals surface area contributed by atoms with E-state index in [0.29, 0.717) is 42.1 Å². The normalized spacial score (nSPS) is 19.7. The number of carbonyl (C=O) groups excluding carboxylic acids is 1. The predicted molar refractivity (Wildman–Crippen MR) is 137 cm³/mol. The highest BCUT2D eigenvalue weighted by Crippen LogP contribution is 2.43. The molecule has 3 aromatic heterocycles. The average Bonchev–Trinajstić information content (AvgIpc) is 3.60. The van der Waals surface area contributed by atoms with E-state index in [1.54, 1.807) is 18.3 Å². The van der Waals surface area contributed by atoms with Gasteiger partial charge >= 0.3 is 6.18 Å². The molecule has 1 aliphatic rings. The van der Waals surface area contributed by atoms with Gasteiger partial charge in [-0.15, -0.1) is 11.3 Å². The van der Waals surface area contributed by atoms with Gasteiger partial charge in [0, 0.05) is 30.1 Å². The van der Waals surface area contributed by atoms with Gasteiger partial charge in [-0.1, -0.05) is 11.2 Å². The summed E-state index contributed by atoms with van der Waals surface area (Å²) in [6.07, 6.45) is 1.28. The lowest BCUT2D eigenvalue weighted by Gasteiger charge is -2.33. The number of anilines is 2. The number of alkyl halides is 3. The van der Waals surface area contributed by atoms with Gasteiger partial charge in [0.15, 0.2) is 5.76 Å². The van der Waals surface area contributed by atoms with E-state index < -0.39 is 17.5 Å². The van der Waals surface area contributed by atoms with Crippen molar-refractivity contribution in [2.45, 2.75) is 50.9 Å². The molecule has 0 atom stereocenters. The van der Waals surface area contributed by atoms with Crippen LogP contribution in [-0.4, -0.2) is 31.1 Å². The van der Waals surface area contributed by atoms with Crippen LogP contribution in [0.4, 0.5) is 24.8 Å². The maximum Gasteiger partial charge on any atom is 0.433 e. The summed E-state index contributed by atoms with van der Waals surface area (Å²) in [4.78, 5) is 26.2. The third-order valence-corrected chi connectivity index (χ3v) is 8.00. The van der Waals surface area contributed by atoms with Crippen molar-refractivity contribution in [2.75, 3.05) is 4.90 Å². The molecule has 204 valence electrons. The zero-order valence-electron chi connectivity index (χ0n) is 20.9. The minimum Gasteiger partial charge on any atom is -0.383 e. The minimum absolute atomic E-state index is 0.0406. The van der Waals surface area contributed by atoms with Crippen molar-refractivity contribution < 1.29 is 27.6 Å². The highest BCUT2D eigenvalue weighted by Gasteiger charge is 2.39. The highest BCUT2D eigenvalue weighted by atomic mass is 32.1. The van der Waals surface area contributed by atoms with Gasteiger partial charge in [-0.25, -0.2) is 15.0 Å². The Hall–Kier alpha value is -3.84. The number of nitrogens with zero attached hydrogens (tertiary/aromatic N) is 5. The fourth-order valence-electron chi connectivity index (χ4n) is 4.67. The first-order chi connectivity index (χ1) is 18.5. The summed E-state index contributed by atoms with van der Waals surface area (Å²) in [6.45, 7) is 1.91. The molecule has 39 heavy (non-hydrogen) atoms. The van der Waals surface area contributed by atoms with Gasteiger partial charge in [0.2, 0.25) is 11.9 Å². The SMILES string of the molecule is Cc1cc(-c2cnc(C3(O)CCC(C(N)=O)CC3)s2)cc(N(Cc2ccno2)c2nccc(C(F)(F)F)n2)c1. The number of aromatic nitrogens is 4. The Morgan fingerprint density at radius 3 is 2.64 bits per heavy atom. The number of aryl methyl sites for hydroxylation is 1. The Labute approximate surface area is 225 Å². The fourth-order valence-corrected chi connectivity index (χ4v) is 5.72. The molecule has 9 nitrogen and oxygen atoms in total. The molecule has 0 bridgehead atoms. The molecule has 0 radical (unpaired) electrons. The smallest absolute Gasteiger partial charge is 0.383 e. The zero-order valence-corrected chi connectivity index (χ0v) is 21.7. The second-order valence-corrected chi connectivity index (χ2v) is 10.6. The number of thiazole rings is 1. The molecule has 1 aromatic carbocycles. The van der Waals surface area contributed by atoms with E-state index in [1.807, 2.05) is 19.1 Å². The summed E-state index contributed by atoms with van der Waals surface area (Å²) in [5.41, 5.74) is 5.36. The number of hydrogen-bond acceptors (Lipinski definition) is 9. The summed E-state index contributed by atoms with van der Waals surface area (Å²) >= 11 is 1.33. The largest absolute Gasteiger partial charge is 0.433 e. The van der Waals surface area contributed by atoms with Crippen LogP contribution in [-0.2, 0) is 23.1 Å². The van der Waals surface area contributed by atoms with Crippen LogP contribution in [0.15, 0.2) is 53.4 Å². The molecule has 1 aliphatic carbocycles. The predicted octanol–water partition coefficient (Wildman–Crippen LogP) is 5.12. The molecule has 3 heterocycles. The molecule has 0 spiro atoms. The lowest BCUT2D eigenvalue weighted by Crippen LogP contribution is -2.35. The minimum atomic E-state index is -4.64. The van der Waals surface area contributed by atoms with Crippen molar-refractivity contribution in [2.24, 2.45) is 11.7 Å². The van der Waals surface area contributed by atoms with E-state index in [-0.39, 0.29) is 24.3 Å². The molecular formula is C26H25F3N6O3S. The van der Waals surface area contributed by atoms with Crippen molar-refractivity contribution in [3.05, 3.63) is 70.9 Å². The van der Waals surface area contributed by atoms with Gasteiger partial charge in [-0.3, -0.25) is 4.79 Å². The van der Waals surface area contributed by atoms with Crippen LogP contribution < -0.4 is 10.6 Å². The van der Waals surface area contributed by atoms with E-state index in [1.165, 1.54) is 22.4 Å². The van der Waals surface area contributed by atoms with E-state index in [9.17, 15) is 23.1 Å². The number of halogens is 3. The number of nitrogens with two attached hydrogens (primary N) is 1. The number of benzene rings is 1. The molecule has 1 fully saturated rings. The van der Waals surface area contributed by atoms with Crippen molar-refractivity contribution in [3.63, 3.8) is 0 Å². The standard InChI is InChI=1S/C26H25F3N6O3S/c1-15-10-17(20-13-32-23(39-20)25(37)6-2-16(3-7-25)22(30)36)12-18(11-15)35(14-19-4-9-33-38-19)24-31-8-5-21(34-24)26(27,28)29/h4-5,8-13,16,37H,2-3,6-7,14H2,1H3,(H2,30,36). The molecule has 13 heteroatoms. The number of hydrogen-bond donors (Lipinski definition) is 2. The lowest BCUT2D eigenvalue weighted by atomic mass is 9.79. The molecule has 0 saturated heterocycles. The zero-order chi connectivity index (χ0) is 27.8. The van der Waals surface area contributed by atoms with Gasteiger partial charge in [0.25, 0.3) is 0 Å². The second-order valence-electron chi connectivity index (χ2n) is 9.60. The third-order valence-electron chi connectivity index (χ3n) is 6.76. The van der Waals surface area contributed by atoms with Crippen molar-refractivity contribution >= 4 is 28.9 Å². The first-order valence-electron chi connectivity index (χ1n) is 12.2. The highest BCUT2D eigenvalue weighted by molar-refractivity contribution is 7.15. The van der Waals surface area contributed by atoms with Gasteiger partial charge < -0.3 is 20.3 Å². The summed E-state index contributed by atoms with van der Waals surface area (Å²) < 4.78 is 45.5. The van der Waals surface area contributed by atoms with Crippen LogP contribution >= 0.6 is 11.3 Å².